The standard InChI is InChI=1S/C15H16N2O6S2/c1-9-8-24-15(16-9)17-25(20,21)12-7-10(4-5-13(18)19)6-11(22-2)14(12)23-3/h4-8H,1-3H3,(H,16,17)(H,18,19). The molecular formula is C15H16N2O6S2. The number of methoxy groups -OCH3 is 2. The summed E-state index contributed by atoms with van der Waals surface area (Å²) in [6, 6.07) is 2.77. The third-order valence-corrected chi connectivity index (χ3v) is 5.36. The highest BCUT2D eigenvalue weighted by Crippen LogP contribution is 2.37. The third kappa shape index (κ3) is 4.48. The Morgan fingerprint density at radius 3 is 2.56 bits per heavy atom. The van der Waals surface area contributed by atoms with Crippen molar-refractivity contribution < 1.29 is 27.8 Å². The van der Waals surface area contributed by atoms with Crippen LogP contribution in [0.25, 0.3) is 6.08 Å². The van der Waals surface area contributed by atoms with E-state index in [1.807, 2.05) is 0 Å². The number of benzene rings is 1. The van der Waals surface area contributed by atoms with Crippen molar-refractivity contribution in [2.75, 3.05) is 18.9 Å². The molecule has 1 aromatic heterocycles. The average molecular weight is 384 g/mol. The Bertz CT molecular complexity index is 918. The highest BCUT2D eigenvalue weighted by Gasteiger charge is 2.24. The number of thiazole rings is 1. The number of carboxylic acid groups (broad SMARTS) is 1. The van der Waals surface area contributed by atoms with Gasteiger partial charge in [-0.15, -0.1) is 11.3 Å². The quantitative estimate of drug-likeness (QED) is 0.704. The number of carboxylic acids is 1. The van der Waals surface area contributed by atoms with E-state index in [-0.39, 0.29) is 21.5 Å². The van der Waals surface area contributed by atoms with Crippen molar-refractivity contribution in [1.29, 1.82) is 0 Å². The van der Waals surface area contributed by atoms with Crippen molar-refractivity contribution in [3.8, 4) is 11.5 Å². The topological polar surface area (TPSA) is 115 Å². The lowest BCUT2D eigenvalue weighted by Crippen LogP contribution is -2.14. The van der Waals surface area contributed by atoms with Crippen molar-refractivity contribution in [2.24, 2.45) is 0 Å². The van der Waals surface area contributed by atoms with Gasteiger partial charge in [0.2, 0.25) is 0 Å². The van der Waals surface area contributed by atoms with Crippen molar-refractivity contribution in [2.45, 2.75) is 11.8 Å². The molecule has 1 aromatic carbocycles. The van der Waals surface area contributed by atoms with E-state index in [1.54, 1.807) is 12.3 Å². The molecule has 0 aliphatic carbocycles. The third-order valence-electron chi connectivity index (χ3n) is 3.02. The molecule has 0 fully saturated rings. The van der Waals surface area contributed by atoms with Crippen LogP contribution in [0.2, 0.25) is 0 Å². The number of rotatable bonds is 7. The van der Waals surface area contributed by atoms with Gasteiger partial charge in [0, 0.05) is 11.5 Å². The molecule has 0 spiro atoms. The van der Waals surface area contributed by atoms with Gasteiger partial charge < -0.3 is 14.6 Å². The van der Waals surface area contributed by atoms with E-state index in [9.17, 15) is 13.2 Å². The number of nitrogens with one attached hydrogen (secondary N) is 1. The SMILES string of the molecule is COc1cc(C=CC(=O)O)cc(S(=O)(=O)Nc2nc(C)cs2)c1OC. The maximum absolute atomic E-state index is 12.7. The minimum absolute atomic E-state index is 0.00996. The lowest BCUT2D eigenvalue weighted by Gasteiger charge is -2.14. The zero-order valence-corrected chi connectivity index (χ0v) is 15.3. The number of hydrogen-bond acceptors (Lipinski definition) is 7. The Kier molecular flexibility index (Phi) is 5.65. The van der Waals surface area contributed by atoms with Crippen LogP contribution in [0.4, 0.5) is 5.13 Å². The zero-order valence-electron chi connectivity index (χ0n) is 13.6. The summed E-state index contributed by atoms with van der Waals surface area (Å²) in [7, 11) is -1.35. The Morgan fingerprint density at radius 2 is 2.04 bits per heavy atom. The van der Waals surface area contributed by atoms with Crippen LogP contribution in [0.5, 0.6) is 11.5 Å². The second-order valence-corrected chi connectivity index (χ2v) is 7.33. The molecule has 0 aliphatic heterocycles. The largest absolute Gasteiger partial charge is 0.493 e. The number of aliphatic carboxylic acids is 1. The van der Waals surface area contributed by atoms with Gasteiger partial charge >= 0.3 is 5.97 Å². The van der Waals surface area contributed by atoms with Crippen molar-refractivity contribution in [1.82, 2.24) is 4.98 Å². The van der Waals surface area contributed by atoms with Gasteiger partial charge in [0.15, 0.2) is 16.6 Å². The number of carbonyl (C=O) groups is 1. The highest BCUT2D eigenvalue weighted by molar-refractivity contribution is 7.93. The van der Waals surface area contributed by atoms with E-state index in [4.69, 9.17) is 14.6 Å². The normalized spacial score (nSPS) is 11.5. The van der Waals surface area contributed by atoms with Crippen molar-refractivity contribution in [3.05, 3.63) is 34.8 Å². The van der Waals surface area contributed by atoms with E-state index in [1.165, 1.54) is 32.4 Å². The van der Waals surface area contributed by atoms with E-state index in [0.29, 0.717) is 11.3 Å². The summed E-state index contributed by atoms with van der Waals surface area (Å²) in [5.41, 5.74) is 1.01. The van der Waals surface area contributed by atoms with Gasteiger partial charge in [0.05, 0.1) is 19.9 Å². The molecular weight excluding hydrogens is 368 g/mol. The summed E-state index contributed by atoms with van der Waals surface area (Å²) < 4.78 is 38.2. The summed E-state index contributed by atoms with van der Waals surface area (Å²) >= 11 is 1.15. The first-order chi connectivity index (χ1) is 11.8. The van der Waals surface area contributed by atoms with Crippen LogP contribution in [-0.4, -0.2) is 38.7 Å². The lowest BCUT2D eigenvalue weighted by molar-refractivity contribution is -0.131. The summed E-state index contributed by atoms with van der Waals surface area (Å²) in [6.45, 7) is 1.75. The molecule has 0 bridgehead atoms. The molecule has 2 aromatic rings. The van der Waals surface area contributed by atoms with Crippen molar-refractivity contribution >= 4 is 38.5 Å². The number of nitrogens with zero attached hydrogens (tertiary/aromatic N) is 1. The molecule has 0 unspecified atom stereocenters. The minimum atomic E-state index is -4.02. The van der Waals surface area contributed by atoms with Crippen molar-refractivity contribution in [3.63, 3.8) is 0 Å². The number of aromatic nitrogens is 1. The first kappa shape index (κ1) is 18.7. The van der Waals surface area contributed by atoms with Crippen LogP contribution in [0, 0.1) is 6.92 Å². The molecule has 0 amide bonds. The Hall–Kier alpha value is -2.59. The molecule has 134 valence electrons. The van der Waals surface area contributed by atoms with E-state index in [0.717, 1.165) is 17.4 Å². The number of aryl methyl sites for hydroxylation is 1. The predicted molar refractivity (Wildman–Crippen MR) is 93.9 cm³/mol. The molecule has 2 N–H and O–H groups in total. The highest BCUT2D eigenvalue weighted by atomic mass is 32.2. The van der Waals surface area contributed by atoms with E-state index >= 15 is 0 Å². The summed E-state index contributed by atoms with van der Waals surface area (Å²) in [6.07, 6.45) is 2.16. The second kappa shape index (κ2) is 7.53. The zero-order chi connectivity index (χ0) is 18.6. The van der Waals surface area contributed by atoms with Crippen LogP contribution < -0.4 is 14.2 Å². The molecule has 0 saturated heterocycles. The molecule has 1 heterocycles. The molecule has 0 aliphatic rings. The van der Waals surface area contributed by atoms with Gasteiger partial charge in [-0.2, -0.15) is 0 Å². The van der Waals surface area contributed by atoms with Gasteiger partial charge in [-0.3, -0.25) is 4.72 Å². The molecule has 8 nitrogen and oxygen atoms in total. The molecule has 0 radical (unpaired) electrons. The minimum Gasteiger partial charge on any atom is -0.493 e. The van der Waals surface area contributed by atoms with Gasteiger partial charge in [-0.1, -0.05) is 0 Å². The van der Waals surface area contributed by atoms with E-state index < -0.39 is 16.0 Å². The van der Waals surface area contributed by atoms with Crippen LogP contribution in [0.15, 0.2) is 28.5 Å². The van der Waals surface area contributed by atoms with Crippen LogP contribution in [0.3, 0.4) is 0 Å². The monoisotopic (exact) mass is 384 g/mol. The van der Waals surface area contributed by atoms with Gasteiger partial charge in [-0.25, -0.2) is 18.2 Å². The Labute approximate surface area is 148 Å². The second-order valence-electron chi connectivity index (χ2n) is 4.83. The summed E-state index contributed by atoms with van der Waals surface area (Å²) in [4.78, 5) is 14.6. The summed E-state index contributed by atoms with van der Waals surface area (Å²) in [5, 5.41) is 10.7. The lowest BCUT2D eigenvalue weighted by atomic mass is 10.2. The van der Waals surface area contributed by atoms with E-state index in [2.05, 4.69) is 9.71 Å². The number of ether oxygens (including phenoxy) is 2. The number of anilines is 1. The maximum atomic E-state index is 12.7. The van der Waals surface area contributed by atoms with Crippen LogP contribution in [-0.2, 0) is 14.8 Å². The average Bonchev–Trinajstić information content (AvgIpc) is 2.95. The smallest absolute Gasteiger partial charge is 0.328 e. The van der Waals surface area contributed by atoms with Crippen LogP contribution >= 0.6 is 11.3 Å². The molecule has 0 atom stereocenters. The number of sulfonamides is 1. The Morgan fingerprint density at radius 1 is 1.32 bits per heavy atom. The fraction of sp³-hybridized carbons (Fsp3) is 0.200. The molecule has 10 heteroatoms. The maximum Gasteiger partial charge on any atom is 0.328 e. The summed E-state index contributed by atoms with van der Waals surface area (Å²) in [5.74, 6) is -0.989. The van der Waals surface area contributed by atoms with Crippen LogP contribution in [0.1, 0.15) is 11.3 Å². The first-order valence-corrected chi connectivity index (χ1v) is 9.25. The predicted octanol–water partition coefficient (Wildman–Crippen LogP) is 2.37. The van der Waals surface area contributed by atoms with Gasteiger partial charge in [0.25, 0.3) is 10.0 Å². The fourth-order valence-corrected chi connectivity index (χ4v) is 4.14. The van der Waals surface area contributed by atoms with Gasteiger partial charge in [0.1, 0.15) is 4.90 Å². The molecule has 2 rings (SSSR count). The number of hydrogen-bond donors (Lipinski definition) is 2. The fourth-order valence-electron chi connectivity index (χ4n) is 1.98. The first-order valence-electron chi connectivity index (χ1n) is 6.89. The molecule has 25 heavy (non-hydrogen) atoms. The molecule has 0 saturated carbocycles. The Balaban J connectivity index is 2.56. The van der Waals surface area contributed by atoms with Gasteiger partial charge in [-0.05, 0) is 30.7 Å².